The average molecular weight is 500 g/mol. The maximum Gasteiger partial charge on any atom is 0.355 e. The predicted octanol–water partition coefficient (Wildman–Crippen LogP) is 4.90. The number of anilines is 1. The molecule has 0 amide bonds. The Hall–Kier alpha value is -4.54. The van der Waals surface area contributed by atoms with E-state index in [9.17, 15) is 14.9 Å². The van der Waals surface area contributed by atoms with E-state index in [0.717, 1.165) is 11.1 Å². The van der Waals surface area contributed by atoms with E-state index in [4.69, 9.17) is 26.8 Å². The van der Waals surface area contributed by atoms with Crippen molar-refractivity contribution in [3.63, 3.8) is 0 Å². The van der Waals surface area contributed by atoms with Crippen molar-refractivity contribution in [2.24, 2.45) is 5.73 Å². The first kappa shape index (κ1) is 24.6. The topological polar surface area (TPSA) is 106 Å². The van der Waals surface area contributed by atoms with Crippen LogP contribution in [0.3, 0.4) is 0 Å². The summed E-state index contributed by atoms with van der Waals surface area (Å²) in [7, 11) is 2.42. The molecule has 0 aromatic heterocycles. The van der Waals surface area contributed by atoms with Crippen molar-refractivity contribution in [3.05, 3.63) is 112 Å². The minimum atomic E-state index is -0.917. The number of hydrogen-bond donors (Lipinski definition) is 1. The number of allylic oxidation sites excluding steroid dienone is 1. The Kier molecular flexibility index (Phi) is 7.09. The third-order valence-corrected chi connectivity index (χ3v) is 6.13. The van der Waals surface area contributed by atoms with Crippen molar-refractivity contribution in [1.29, 1.82) is 5.26 Å². The van der Waals surface area contributed by atoms with Crippen LogP contribution in [0.4, 0.5) is 5.69 Å². The molecule has 0 aliphatic carbocycles. The molecule has 180 valence electrons. The lowest BCUT2D eigenvalue weighted by Gasteiger charge is -2.35. The van der Waals surface area contributed by atoms with Gasteiger partial charge in [-0.25, -0.2) is 9.59 Å². The lowest BCUT2D eigenvalue weighted by atomic mass is 9.81. The summed E-state index contributed by atoms with van der Waals surface area (Å²) in [5.41, 5.74) is 9.30. The number of nitrogens with two attached hydrogens (primary N) is 1. The zero-order chi connectivity index (χ0) is 25.8. The number of benzene rings is 3. The van der Waals surface area contributed by atoms with Crippen molar-refractivity contribution in [3.8, 4) is 17.2 Å². The van der Waals surface area contributed by atoms with Crippen LogP contribution < -0.4 is 10.6 Å². The van der Waals surface area contributed by atoms with Crippen LogP contribution in [0.1, 0.15) is 11.5 Å². The number of carbonyl (C=O) groups excluding carboxylic acids is 2. The molecule has 36 heavy (non-hydrogen) atoms. The predicted molar refractivity (Wildman–Crippen MR) is 136 cm³/mol. The number of methoxy groups -OCH3 is 2. The number of halogens is 1. The van der Waals surface area contributed by atoms with Crippen LogP contribution in [-0.4, -0.2) is 26.2 Å². The number of nitriles is 1. The number of rotatable bonds is 5. The number of ether oxygens (including phenoxy) is 2. The summed E-state index contributed by atoms with van der Waals surface area (Å²) in [6.07, 6.45) is 0. The third-order valence-electron chi connectivity index (χ3n) is 5.89. The minimum Gasteiger partial charge on any atom is -0.466 e. The Morgan fingerprint density at radius 3 is 2.17 bits per heavy atom. The Morgan fingerprint density at radius 1 is 0.917 bits per heavy atom. The molecular formula is C28H22ClN3O4. The van der Waals surface area contributed by atoms with Crippen LogP contribution in [0, 0.1) is 11.3 Å². The monoisotopic (exact) mass is 499 g/mol. The van der Waals surface area contributed by atoms with Gasteiger partial charge in [-0.15, -0.1) is 0 Å². The van der Waals surface area contributed by atoms with Gasteiger partial charge in [0.15, 0.2) is 0 Å². The lowest BCUT2D eigenvalue weighted by Crippen LogP contribution is -2.40. The third kappa shape index (κ3) is 4.42. The molecule has 1 aliphatic heterocycles. The molecule has 1 heterocycles. The van der Waals surface area contributed by atoms with Gasteiger partial charge in [0.25, 0.3) is 0 Å². The van der Waals surface area contributed by atoms with E-state index in [2.05, 4.69) is 6.07 Å². The van der Waals surface area contributed by atoms with E-state index in [1.807, 2.05) is 36.4 Å². The molecule has 2 N–H and O–H groups in total. The van der Waals surface area contributed by atoms with Gasteiger partial charge in [0.2, 0.25) is 0 Å². The Balaban J connectivity index is 1.94. The van der Waals surface area contributed by atoms with Crippen LogP contribution in [0.5, 0.6) is 0 Å². The van der Waals surface area contributed by atoms with Crippen molar-refractivity contribution in [2.75, 3.05) is 19.1 Å². The van der Waals surface area contributed by atoms with E-state index in [1.54, 1.807) is 42.5 Å². The van der Waals surface area contributed by atoms with E-state index in [1.165, 1.54) is 19.1 Å². The van der Waals surface area contributed by atoms with Gasteiger partial charge in [-0.05, 0) is 41.0 Å². The first-order chi connectivity index (χ1) is 17.4. The van der Waals surface area contributed by atoms with Crippen LogP contribution in [0.15, 0.2) is 102 Å². The highest BCUT2D eigenvalue weighted by Crippen LogP contribution is 2.43. The fraction of sp³-hybridized carbons (Fsp3) is 0.107. The SMILES string of the molecule is COC(=O)C1=C(C(=O)OC)N(c2ccc(-c3cccc(Cl)c3)cc2)C(N)=C(C#N)C1c1ccccc1. The second-order valence-electron chi connectivity index (χ2n) is 7.89. The van der Waals surface area contributed by atoms with Crippen molar-refractivity contribution >= 4 is 29.2 Å². The summed E-state index contributed by atoms with van der Waals surface area (Å²) in [5, 5.41) is 10.7. The average Bonchev–Trinajstić information content (AvgIpc) is 2.92. The second-order valence-corrected chi connectivity index (χ2v) is 8.33. The number of esters is 2. The first-order valence-electron chi connectivity index (χ1n) is 10.9. The fourth-order valence-corrected chi connectivity index (χ4v) is 4.44. The zero-order valence-electron chi connectivity index (χ0n) is 19.6. The molecule has 0 fully saturated rings. The van der Waals surface area contributed by atoms with Gasteiger partial charge in [0.1, 0.15) is 11.5 Å². The van der Waals surface area contributed by atoms with E-state index in [-0.39, 0.29) is 22.7 Å². The molecule has 0 spiro atoms. The Morgan fingerprint density at radius 2 is 1.58 bits per heavy atom. The minimum absolute atomic E-state index is 0.00918. The lowest BCUT2D eigenvalue weighted by molar-refractivity contribution is -0.139. The highest BCUT2D eigenvalue weighted by Gasteiger charge is 2.42. The van der Waals surface area contributed by atoms with Gasteiger partial charge in [0, 0.05) is 10.7 Å². The fourth-order valence-electron chi connectivity index (χ4n) is 4.25. The molecule has 7 nitrogen and oxygen atoms in total. The Labute approximate surface area is 213 Å². The summed E-state index contributed by atoms with van der Waals surface area (Å²) >= 11 is 6.13. The van der Waals surface area contributed by atoms with E-state index < -0.39 is 17.9 Å². The van der Waals surface area contributed by atoms with Gasteiger partial charge in [-0.2, -0.15) is 5.26 Å². The van der Waals surface area contributed by atoms with E-state index in [0.29, 0.717) is 16.3 Å². The van der Waals surface area contributed by atoms with Crippen LogP contribution >= 0.6 is 11.6 Å². The van der Waals surface area contributed by atoms with Gasteiger partial charge in [-0.1, -0.05) is 66.2 Å². The first-order valence-corrected chi connectivity index (χ1v) is 11.3. The summed E-state index contributed by atoms with van der Waals surface area (Å²) in [5.74, 6) is -2.48. The zero-order valence-corrected chi connectivity index (χ0v) is 20.3. The van der Waals surface area contributed by atoms with Gasteiger partial charge < -0.3 is 15.2 Å². The van der Waals surface area contributed by atoms with Crippen LogP contribution in [0.2, 0.25) is 5.02 Å². The summed E-state index contributed by atoms with van der Waals surface area (Å²) in [6, 6.07) is 25.5. The summed E-state index contributed by atoms with van der Waals surface area (Å²) in [6.45, 7) is 0. The smallest absolute Gasteiger partial charge is 0.355 e. The highest BCUT2D eigenvalue weighted by molar-refractivity contribution is 6.30. The molecule has 0 radical (unpaired) electrons. The van der Waals surface area contributed by atoms with E-state index >= 15 is 0 Å². The summed E-state index contributed by atoms with van der Waals surface area (Å²) < 4.78 is 10.1. The Bertz CT molecular complexity index is 1420. The molecular weight excluding hydrogens is 478 g/mol. The molecule has 1 atom stereocenters. The van der Waals surface area contributed by atoms with Crippen molar-refractivity contribution < 1.29 is 19.1 Å². The molecule has 0 saturated carbocycles. The molecule has 0 bridgehead atoms. The molecule has 3 aromatic carbocycles. The normalized spacial score (nSPS) is 15.4. The van der Waals surface area contributed by atoms with Crippen molar-refractivity contribution in [2.45, 2.75) is 5.92 Å². The molecule has 3 aromatic rings. The molecule has 4 rings (SSSR count). The summed E-state index contributed by atoms with van der Waals surface area (Å²) in [4.78, 5) is 27.6. The van der Waals surface area contributed by atoms with Gasteiger partial charge in [-0.3, -0.25) is 4.90 Å². The largest absolute Gasteiger partial charge is 0.466 e. The molecule has 8 heteroatoms. The van der Waals surface area contributed by atoms with Crippen LogP contribution in [-0.2, 0) is 19.1 Å². The number of nitrogens with zero attached hydrogens (tertiary/aromatic N) is 2. The number of hydrogen-bond acceptors (Lipinski definition) is 7. The van der Waals surface area contributed by atoms with Crippen molar-refractivity contribution in [1.82, 2.24) is 0 Å². The van der Waals surface area contributed by atoms with Crippen LogP contribution in [0.25, 0.3) is 11.1 Å². The number of carbonyl (C=O) groups is 2. The molecule has 0 saturated heterocycles. The molecule has 1 unspecified atom stereocenters. The molecule has 1 aliphatic rings. The quantitative estimate of drug-likeness (QED) is 0.497. The second kappa shape index (κ2) is 10.4. The standard InChI is InChI=1S/C28H22ClN3O4/c1-35-27(33)24-23(18-7-4-3-5-8-18)22(16-30)26(31)32(25(24)28(34)36-2)21-13-11-17(12-14-21)19-9-6-10-20(29)15-19/h3-15,23H,31H2,1-2H3. The highest BCUT2D eigenvalue weighted by atomic mass is 35.5. The maximum absolute atomic E-state index is 13.1. The maximum atomic E-state index is 13.1. The van der Waals surface area contributed by atoms with Gasteiger partial charge in [0.05, 0.1) is 37.4 Å². The van der Waals surface area contributed by atoms with Gasteiger partial charge >= 0.3 is 11.9 Å².